The van der Waals surface area contributed by atoms with E-state index in [-0.39, 0.29) is 23.6 Å². The number of carbonyl (C=O) groups is 2. The quantitative estimate of drug-likeness (QED) is 0.103. The molecule has 0 radical (unpaired) electrons. The minimum absolute atomic E-state index is 0.0103. The normalized spacial score (nSPS) is 12.5. The van der Waals surface area contributed by atoms with Crippen molar-refractivity contribution in [2.75, 3.05) is 33.2 Å². The zero-order valence-electron chi connectivity index (χ0n) is 23.9. The van der Waals surface area contributed by atoms with Gasteiger partial charge in [-0.05, 0) is 53.8 Å². The van der Waals surface area contributed by atoms with Crippen LogP contribution in [-0.2, 0) is 22.6 Å². The molecule has 220 valence electrons. The van der Waals surface area contributed by atoms with Gasteiger partial charge in [-0.1, -0.05) is 54.6 Å². The Hall–Kier alpha value is -4.02. The molecule has 2 unspecified atom stereocenters. The van der Waals surface area contributed by atoms with Gasteiger partial charge in [0, 0.05) is 46.2 Å². The molecular weight excluding hydrogens is 521 g/mol. The summed E-state index contributed by atoms with van der Waals surface area (Å²) in [7, 11) is 1.59. The number of carbonyl (C=O) groups excluding carboxylic acids is 2. The van der Waals surface area contributed by atoms with Gasteiger partial charge in [0.05, 0.1) is 6.04 Å². The van der Waals surface area contributed by atoms with Crippen molar-refractivity contribution in [1.29, 1.82) is 0 Å². The Balaban J connectivity index is 1.70. The van der Waals surface area contributed by atoms with Crippen LogP contribution < -0.4 is 27.4 Å². The number of guanidine groups is 1. The van der Waals surface area contributed by atoms with Crippen LogP contribution in [0, 0.1) is 5.82 Å². The summed E-state index contributed by atoms with van der Waals surface area (Å²) in [6.07, 6.45) is 1.49. The second-order valence-electron chi connectivity index (χ2n) is 9.90. The van der Waals surface area contributed by atoms with Crippen LogP contribution in [0.2, 0.25) is 0 Å². The molecule has 0 aromatic heterocycles. The van der Waals surface area contributed by atoms with E-state index in [2.05, 4.69) is 27.0 Å². The lowest BCUT2D eigenvalue weighted by Gasteiger charge is -2.33. The maximum atomic E-state index is 13.9. The van der Waals surface area contributed by atoms with E-state index in [1.165, 1.54) is 12.1 Å². The Bertz CT molecular complexity index is 1300. The number of nitrogens with two attached hydrogens (primary N) is 2. The van der Waals surface area contributed by atoms with Crippen LogP contribution in [0.15, 0.2) is 71.7 Å². The lowest BCUT2D eigenvalue weighted by atomic mass is 9.99. The summed E-state index contributed by atoms with van der Waals surface area (Å²) in [6.45, 7) is 4.35. The van der Waals surface area contributed by atoms with Crippen molar-refractivity contribution in [3.05, 3.63) is 83.7 Å². The molecule has 3 aromatic carbocycles. The van der Waals surface area contributed by atoms with Gasteiger partial charge in [-0.15, -0.1) is 0 Å². The van der Waals surface area contributed by atoms with Gasteiger partial charge in [-0.3, -0.25) is 14.6 Å². The van der Waals surface area contributed by atoms with Crippen molar-refractivity contribution in [3.8, 4) is 0 Å². The SMILES string of the molecule is CCN(C(=O)C(CCCN=C(N)N)NCCNCc1ccc(F)cc1)C(Cc1ccc2ccccc2c1)C(=O)NC. The summed E-state index contributed by atoms with van der Waals surface area (Å²) in [6, 6.07) is 19.3. The predicted molar refractivity (Wildman–Crippen MR) is 163 cm³/mol. The summed E-state index contributed by atoms with van der Waals surface area (Å²) in [5.74, 6) is -0.622. The molecule has 0 saturated heterocycles. The smallest absolute Gasteiger partial charge is 0.242 e. The molecule has 0 heterocycles. The van der Waals surface area contributed by atoms with E-state index >= 15 is 0 Å². The Labute approximate surface area is 241 Å². The highest BCUT2D eigenvalue weighted by molar-refractivity contribution is 5.90. The highest BCUT2D eigenvalue weighted by Crippen LogP contribution is 2.19. The zero-order valence-corrected chi connectivity index (χ0v) is 23.9. The molecular formula is C31H42FN7O2. The first-order valence-corrected chi connectivity index (χ1v) is 14.1. The average molecular weight is 564 g/mol. The van der Waals surface area contributed by atoms with Crippen molar-refractivity contribution < 1.29 is 14.0 Å². The number of halogens is 1. The van der Waals surface area contributed by atoms with Gasteiger partial charge in [0.25, 0.3) is 0 Å². The third-order valence-corrected chi connectivity index (χ3v) is 6.97. The van der Waals surface area contributed by atoms with Crippen LogP contribution in [0.5, 0.6) is 0 Å². The summed E-state index contributed by atoms with van der Waals surface area (Å²) >= 11 is 0. The summed E-state index contributed by atoms with van der Waals surface area (Å²) < 4.78 is 13.2. The molecule has 0 aliphatic rings. The molecule has 2 atom stereocenters. The molecule has 41 heavy (non-hydrogen) atoms. The summed E-state index contributed by atoms with van der Waals surface area (Å²) in [4.78, 5) is 32.7. The molecule has 10 heteroatoms. The molecule has 3 rings (SSSR count). The highest BCUT2D eigenvalue weighted by atomic mass is 19.1. The van der Waals surface area contributed by atoms with Gasteiger partial charge >= 0.3 is 0 Å². The standard InChI is InChI=1S/C31H42FN7O2/c1-3-39(28(29(40)35-2)20-23-10-13-24-7-4-5-8-25(24)19-23)30(41)27(9-6-16-38-31(33)34)37-18-17-36-21-22-11-14-26(32)15-12-22/h4-5,7-8,10-15,19,27-28,36-37H,3,6,9,16-18,20-21H2,1-2H3,(H,35,40)(H4,33,34,38). The van der Waals surface area contributed by atoms with E-state index in [1.54, 1.807) is 24.1 Å². The molecule has 0 saturated carbocycles. The van der Waals surface area contributed by atoms with Gasteiger partial charge < -0.3 is 32.3 Å². The maximum Gasteiger partial charge on any atom is 0.242 e. The first-order valence-electron chi connectivity index (χ1n) is 14.1. The van der Waals surface area contributed by atoms with Crippen LogP contribution in [0.25, 0.3) is 10.8 Å². The number of nitrogens with one attached hydrogen (secondary N) is 3. The topological polar surface area (TPSA) is 138 Å². The van der Waals surface area contributed by atoms with Gasteiger partial charge in [-0.25, -0.2) is 4.39 Å². The number of fused-ring (bicyclic) bond motifs is 1. The van der Waals surface area contributed by atoms with Gasteiger partial charge in [0.1, 0.15) is 11.9 Å². The molecule has 7 N–H and O–H groups in total. The first-order chi connectivity index (χ1) is 19.8. The lowest BCUT2D eigenvalue weighted by molar-refractivity contribution is -0.141. The molecule has 0 spiro atoms. The number of amides is 2. The zero-order chi connectivity index (χ0) is 29.6. The summed E-state index contributed by atoms with van der Waals surface area (Å²) in [5.41, 5.74) is 12.9. The number of hydrogen-bond acceptors (Lipinski definition) is 5. The minimum atomic E-state index is -0.669. The molecule has 3 aromatic rings. The second-order valence-corrected chi connectivity index (χ2v) is 9.90. The minimum Gasteiger partial charge on any atom is -0.370 e. The van der Waals surface area contributed by atoms with Crippen molar-refractivity contribution in [3.63, 3.8) is 0 Å². The fourth-order valence-electron chi connectivity index (χ4n) is 4.82. The van der Waals surface area contributed by atoms with Crippen LogP contribution >= 0.6 is 0 Å². The number of benzene rings is 3. The lowest BCUT2D eigenvalue weighted by Crippen LogP contribution is -2.56. The van der Waals surface area contributed by atoms with Crippen molar-refractivity contribution in [1.82, 2.24) is 20.9 Å². The van der Waals surface area contributed by atoms with E-state index in [0.717, 1.165) is 21.9 Å². The monoisotopic (exact) mass is 563 g/mol. The Morgan fingerprint density at radius 1 is 0.976 bits per heavy atom. The summed E-state index contributed by atoms with van der Waals surface area (Å²) in [5, 5.41) is 11.6. The molecule has 0 aliphatic carbocycles. The average Bonchev–Trinajstić information content (AvgIpc) is 2.98. The van der Waals surface area contributed by atoms with Crippen molar-refractivity contribution in [2.24, 2.45) is 16.5 Å². The van der Waals surface area contributed by atoms with E-state index in [1.807, 2.05) is 43.3 Å². The third kappa shape index (κ3) is 9.84. The molecule has 0 aliphatic heterocycles. The Morgan fingerprint density at radius 2 is 1.68 bits per heavy atom. The maximum absolute atomic E-state index is 13.9. The predicted octanol–water partition coefficient (Wildman–Crippen LogP) is 2.29. The molecule has 0 bridgehead atoms. The molecule has 9 nitrogen and oxygen atoms in total. The second kappa shape index (κ2) is 16.3. The van der Waals surface area contributed by atoms with E-state index in [9.17, 15) is 14.0 Å². The van der Waals surface area contributed by atoms with Gasteiger partial charge in [0.2, 0.25) is 11.8 Å². The molecule has 2 amide bonds. The third-order valence-electron chi connectivity index (χ3n) is 6.97. The van der Waals surface area contributed by atoms with Crippen LogP contribution in [0.1, 0.15) is 30.9 Å². The Morgan fingerprint density at radius 3 is 2.37 bits per heavy atom. The van der Waals surface area contributed by atoms with E-state index < -0.39 is 12.1 Å². The number of aliphatic imine (C=N–C) groups is 1. The largest absolute Gasteiger partial charge is 0.370 e. The number of nitrogens with zero attached hydrogens (tertiary/aromatic N) is 2. The van der Waals surface area contributed by atoms with Gasteiger partial charge in [0.15, 0.2) is 5.96 Å². The van der Waals surface area contributed by atoms with Crippen LogP contribution in [-0.4, -0.2) is 68.0 Å². The Kier molecular flexibility index (Phi) is 12.5. The van der Waals surface area contributed by atoms with Crippen molar-refractivity contribution in [2.45, 2.75) is 44.8 Å². The fourth-order valence-corrected chi connectivity index (χ4v) is 4.82. The number of hydrogen-bond donors (Lipinski definition) is 5. The van der Waals surface area contributed by atoms with Crippen molar-refractivity contribution >= 4 is 28.5 Å². The molecule has 0 fully saturated rings. The first kappa shape index (κ1) is 31.5. The number of likely N-dealkylation sites (N-methyl/N-ethyl adjacent to an activating group) is 2. The van der Waals surface area contributed by atoms with Gasteiger partial charge in [-0.2, -0.15) is 0 Å². The van der Waals surface area contributed by atoms with Crippen LogP contribution in [0.4, 0.5) is 4.39 Å². The van der Waals surface area contributed by atoms with E-state index in [0.29, 0.717) is 52.0 Å². The van der Waals surface area contributed by atoms with Crippen LogP contribution in [0.3, 0.4) is 0 Å². The number of rotatable bonds is 16. The highest BCUT2D eigenvalue weighted by Gasteiger charge is 2.32. The van der Waals surface area contributed by atoms with E-state index in [4.69, 9.17) is 11.5 Å². The fraction of sp³-hybridized carbons (Fsp3) is 0.387.